The van der Waals surface area contributed by atoms with Crippen molar-refractivity contribution in [1.82, 2.24) is 9.80 Å². The van der Waals surface area contributed by atoms with Gasteiger partial charge in [-0.25, -0.2) is 4.79 Å². The van der Waals surface area contributed by atoms with Gasteiger partial charge in [-0.1, -0.05) is 0 Å². The number of likely N-dealkylation sites (tertiary alicyclic amines) is 2. The predicted octanol–water partition coefficient (Wildman–Crippen LogP) is 1.55. The maximum Gasteiger partial charge on any atom is 0.320 e. The van der Waals surface area contributed by atoms with Gasteiger partial charge in [-0.15, -0.1) is 0 Å². The van der Waals surface area contributed by atoms with Crippen LogP contribution in [0.4, 0.5) is 4.79 Å². The van der Waals surface area contributed by atoms with E-state index in [0.717, 1.165) is 32.2 Å². The largest absolute Gasteiger partial charge is 0.481 e. The number of hydrogen-bond donors (Lipinski definition) is 1. The van der Waals surface area contributed by atoms with Crippen molar-refractivity contribution < 1.29 is 19.4 Å². The van der Waals surface area contributed by atoms with Gasteiger partial charge < -0.3 is 19.6 Å². The molecule has 0 aromatic rings. The third kappa shape index (κ3) is 3.62. The molecule has 0 aromatic carbocycles. The lowest BCUT2D eigenvalue weighted by atomic mass is 10.1. The molecule has 20 heavy (non-hydrogen) atoms. The molecular formula is C14H24N2O4. The quantitative estimate of drug-likeness (QED) is 0.850. The van der Waals surface area contributed by atoms with E-state index in [1.807, 2.05) is 11.8 Å². The van der Waals surface area contributed by atoms with Gasteiger partial charge in [-0.05, 0) is 32.6 Å². The minimum Gasteiger partial charge on any atom is -0.481 e. The van der Waals surface area contributed by atoms with Gasteiger partial charge in [0.25, 0.3) is 0 Å². The van der Waals surface area contributed by atoms with Crippen molar-refractivity contribution in [1.29, 1.82) is 0 Å². The van der Waals surface area contributed by atoms with Crippen LogP contribution < -0.4 is 0 Å². The average molecular weight is 284 g/mol. The summed E-state index contributed by atoms with van der Waals surface area (Å²) in [6.07, 6.45) is 3.81. The van der Waals surface area contributed by atoms with E-state index in [-0.39, 0.29) is 24.6 Å². The van der Waals surface area contributed by atoms with Crippen LogP contribution in [0.15, 0.2) is 0 Å². The Morgan fingerprint density at radius 3 is 2.70 bits per heavy atom. The molecule has 0 aliphatic carbocycles. The van der Waals surface area contributed by atoms with Gasteiger partial charge in [-0.2, -0.15) is 0 Å². The van der Waals surface area contributed by atoms with Gasteiger partial charge in [-0.3, -0.25) is 4.79 Å². The number of aliphatic carboxylic acids is 1. The minimum atomic E-state index is -0.833. The van der Waals surface area contributed by atoms with Crippen molar-refractivity contribution in [2.75, 3.05) is 26.2 Å². The van der Waals surface area contributed by atoms with E-state index in [9.17, 15) is 9.59 Å². The molecule has 1 N–H and O–H groups in total. The van der Waals surface area contributed by atoms with Crippen LogP contribution >= 0.6 is 0 Å². The fourth-order valence-electron chi connectivity index (χ4n) is 3.17. The Hall–Kier alpha value is -1.30. The molecule has 6 heteroatoms. The van der Waals surface area contributed by atoms with E-state index < -0.39 is 5.97 Å². The van der Waals surface area contributed by atoms with Crippen molar-refractivity contribution in [3.8, 4) is 0 Å². The lowest BCUT2D eigenvalue weighted by Gasteiger charge is -2.36. The number of rotatable bonds is 4. The monoisotopic (exact) mass is 284 g/mol. The number of piperidine rings is 1. The SMILES string of the molecule is CCOC1CCCN(C(=O)N2CCCC2CC(=O)O)C1. The Labute approximate surface area is 119 Å². The van der Waals surface area contributed by atoms with Gasteiger partial charge in [0, 0.05) is 32.3 Å². The number of carboxylic acid groups (broad SMARTS) is 1. The Bertz CT molecular complexity index is 359. The summed E-state index contributed by atoms with van der Waals surface area (Å²) in [6.45, 7) is 4.68. The third-order valence-electron chi connectivity index (χ3n) is 4.08. The Kier molecular flexibility index (Phi) is 5.23. The molecule has 2 aliphatic rings. The molecule has 0 aromatic heterocycles. The molecule has 0 saturated carbocycles. The van der Waals surface area contributed by atoms with Gasteiger partial charge in [0.05, 0.1) is 12.5 Å². The lowest BCUT2D eigenvalue weighted by Crippen LogP contribution is -2.51. The highest BCUT2D eigenvalue weighted by Crippen LogP contribution is 2.23. The van der Waals surface area contributed by atoms with E-state index in [1.165, 1.54) is 0 Å². The average Bonchev–Trinajstić information content (AvgIpc) is 2.86. The van der Waals surface area contributed by atoms with Crippen LogP contribution in [0.3, 0.4) is 0 Å². The minimum absolute atomic E-state index is 0.0156. The maximum atomic E-state index is 12.5. The first-order valence-electron chi connectivity index (χ1n) is 7.50. The smallest absolute Gasteiger partial charge is 0.320 e. The van der Waals surface area contributed by atoms with Crippen LogP contribution in [0.25, 0.3) is 0 Å². The van der Waals surface area contributed by atoms with Crippen molar-refractivity contribution in [3.05, 3.63) is 0 Å². The van der Waals surface area contributed by atoms with Crippen LogP contribution in [0, 0.1) is 0 Å². The van der Waals surface area contributed by atoms with E-state index in [0.29, 0.717) is 19.7 Å². The van der Waals surface area contributed by atoms with E-state index in [1.54, 1.807) is 4.90 Å². The van der Waals surface area contributed by atoms with Crippen LogP contribution in [0.1, 0.15) is 39.0 Å². The van der Waals surface area contributed by atoms with Gasteiger partial charge in [0.15, 0.2) is 0 Å². The van der Waals surface area contributed by atoms with E-state index in [4.69, 9.17) is 9.84 Å². The van der Waals surface area contributed by atoms with Crippen molar-refractivity contribution >= 4 is 12.0 Å². The van der Waals surface area contributed by atoms with Crippen LogP contribution in [0.5, 0.6) is 0 Å². The summed E-state index contributed by atoms with van der Waals surface area (Å²) in [5.74, 6) is -0.833. The Balaban J connectivity index is 1.93. The standard InChI is InChI=1S/C14H24N2O4/c1-2-20-12-6-4-7-15(10-12)14(19)16-8-3-5-11(16)9-13(17)18/h11-12H,2-10H2,1H3,(H,17,18). The molecule has 2 amide bonds. The fourth-order valence-corrected chi connectivity index (χ4v) is 3.17. The van der Waals surface area contributed by atoms with Crippen LogP contribution in [0.2, 0.25) is 0 Å². The Morgan fingerprint density at radius 1 is 1.25 bits per heavy atom. The normalized spacial score (nSPS) is 26.9. The molecule has 2 saturated heterocycles. The van der Waals surface area contributed by atoms with E-state index >= 15 is 0 Å². The summed E-state index contributed by atoms with van der Waals surface area (Å²) in [5, 5.41) is 8.92. The van der Waals surface area contributed by atoms with Crippen molar-refractivity contribution in [3.63, 3.8) is 0 Å². The van der Waals surface area contributed by atoms with Crippen LogP contribution in [-0.2, 0) is 9.53 Å². The molecule has 0 spiro atoms. The third-order valence-corrected chi connectivity index (χ3v) is 4.08. The first kappa shape index (κ1) is 15.1. The Morgan fingerprint density at radius 2 is 2.00 bits per heavy atom. The number of nitrogens with zero attached hydrogens (tertiary/aromatic N) is 2. The van der Waals surface area contributed by atoms with Crippen molar-refractivity contribution in [2.24, 2.45) is 0 Å². The topological polar surface area (TPSA) is 70.1 Å². The molecular weight excluding hydrogens is 260 g/mol. The number of carboxylic acids is 1. The second-order valence-corrected chi connectivity index (χ2v) is 5.54. The number of ether oxygens (including phenoxy) is 1. The molecule has 2 unspecified atom stereocenters. The second-order valence-electron chi connectivity index (χ2n) is 5.54. The summed E-state index contributed by atoms with van der Waals surface area (Å²) < 4.78 is 5.61. The zero-order valence-corrected chi connectivity index (χ0v) is 12.1. The highest BCUT2D eigenvalue weighted by atomic mass is 16.5. The second kappa shape index (κ2) is 6.92. The molecule has 2 rings (SSSR count). The molecule has 6 nitrogen and oxygen atoms in total. The molecule has 114 valence electrons. The highest BCUT2D eigenvalue weighted by Gasteiger charge is 2.34. The summed E-state index contributed by atoms with van der Waals surface area (Å²) in [5.41, 5.74) is 0. The van der Waals surface area contributed by atoms with Gasteiger partial charge in [0.1, 0.15) is 0 Å². The van der Waals surface area contributed by atoms with E-state index in [2.05, 4.69) is 0 Å². The summed E-state index contributed by atoms with van der Waals surface area (Å²) >= 11 is 0. The molecule has 2 fully saturated rings. The molecule has 2 aliphatic heterocycles. The fraction of sp³-hybridized carbons (Fsp3) is 0.857. The maximum absolute atomic E-state index is 12.5. The number of carbonyl (C=O) groups excluding carboxylic acids is 1. The summed E-state index contributed by atoms with van der Waals surface area (Å²) in [6, 6.07) is -0.161. The first-order valence-corrected chi connectivity index (χ1v) is 7.50. The number of hydrogen-bond acceptors (Lipinski definition) is 3. The number of carbonyl (C=O) groups is 2. The number of urea groups is 1. The zero-order chi connectivity index (χ0) is 14.5. The first-order chi connectivity index (χ1) is 9.61. The summed E-state index contributed by atoms with van der Waals surface area (Å²) in [4.78, 5) is 27.0. The van der Waals surface area contributed by atoms with Gasteiger partial charge in [0.2, 0.25) is 0 Å². The molecule has 0 radical (unpaired) electrons. The molecule has 0 bridgehead atoms. The highest BCUT2D eigenvalue weighted by molar-refractivity contribution is 5.76. The van der Waals surface area contributed by atoms with Crippen LogP contribution in [-0.4, -0.2) is 65.3 Å². The lowest BCUT2D eigenvalue weighted by molar-refractivity contribution is -0.138. The van der Waals surface area contributed by atoms with Gasteiger partial charge >= 0.3 is 12.0 Å². The zero-order valence-electron chi connectivity index (χ0n) is 12.1. The van der Waals surface area contributed by atoms with Crippen molar-refractivity contribution in [2.45, 2.75) is 51.2 Å². The predicted molar refractivity (Wildman–Crippen MR) is 73.6 cm³/mol. The number of amides is 2. The molecule has 2 atom stereocenters. The summed E-state index contributed by atoms with van der Waals surface area (Å²) in [7, 11) is 0. The molecule has 2 heterocycles.